The minimum atomic E-state index is -0.200. The lowest BCUT2D eigenvalue weighted by molar-refractivity contribution is -0.119. The molecule has 0 radical (unpaired) electrons. The zero-order valence-corrected chi connectivity index (χ0v) is 19.3. The Labute approximate surface area is 186 Å². The molecule has 0 aliphatic carbocycles. The Balaban J connectivity index is 1.63. The molecule has 28 heavy (non-hydrogen) atoms. The number of para-hydroxylation sites is 1. The lowest BCUT2D eigenvalue weighted by Gasteiger charge is -2.11. The molecule has 1 heterocycles. The molecular formula is C21H20BrIN4O. The summed E-state index contributed by atoms with van der Waals surface area (Å²) < 4.78 is 4.33. The number of carbonyl (C=O) groups is 1. The molecule has 5 nitrogen and oxygen atoms in total. The van der Waals surface area contributed by atoms with E-state index in [4.69, 9.17) is 0 Å². The van der Waals surface area contributed by atoms with Crippen LogP contribution in [0.2, 0.25) is 0 Å². The molecule has 1 amide bonds. The van der Waals surface area contributed by atoms with Gasteiger partial charge in [0.05, 0.1) is 18.4 Å². The number of nitrogens with zero attached hydrogens (tertiary/aromatic N) is 2. The number of amides is 1. The summed E-state index contributed by atoms with van der Waals surface area (Å²) in [6.45, 7) is 4.25. The summed E-state index contributed by atoms with van der Waals surface area (Å²) in [5, 5.41) is 7.18. The number of rotatable bonds is 6. The van der Waals surface area contributed by atoms with E-state index in [2.05, 4.69) is 65.0 Å². The second-order valence-electron chi connectivity index (χ2n) is 6.27. The highest BCUT2D eigenvalue weighted by Crippen LogP contribution is 2.26. The van der Waals surface area contributed by atoms with Crippen molar-refractivity contribution in [3.63, 3.8) is 0 Å². The molecule has 0 bridgehead atoms. The van der Waals surface area contributed by atoms with E-state index in [0.29, 0.717) is 0 Å². The van der Waals surface area contributed by atoms with Gasteiger partial charge in [-0.3, -0.25) is 4.79 Å². The lowest BCUT2D eigenvalue weighted by atomic mass is 10.2. The van der Waals surface area contributed by atoms with Crippen molar-refractivity contribution in [3.05, 3.63) is 79.6 Å². The fourth-order valence-electron chi connectivity index (χ4n) is 2.89. The molecule has 3 rings (SSSR count). The molecule has 2 aromatic carbocycles. The smallest absolute Gasteiger partial charge is 0.259 e. The molecule has 0 spiro atoms. The van der Waals surface area contributed by atoms with Crippen molar-refractivity contribution in [3.8, 4) is 5.69 Å². The van der Waals surface area contributed by atoms with E-state index < -0.39 is 0 Å². The summed E-state index contributed by atoms with van der Waals surface area (Å²) in [7, 11) is 0. The predicted octanol–water partition coefficient (Wildman–Crippen LogP) is 5.02. The van der Waals surface area contributed by atoms with Gasteiger partial charge in [-0.1, -0.05) is 12.1 Å². The van der Waals surface area contributed by atoms with Crippen molar-refractivity contribution in [2.24, 2.45) is 5.10 Å². The van der Waals surface area contributed by atoms with Crippen molar-refractivity contribution in [2.45, 2.75) is 13.8 Å². The highest BCUT2D eigenvalue weighted by Gasteiger charge is 2.11. The summed E-state index contributed by atoms with van der Waals surface area (Å²) in [6.07, 6.45) is 1.68. The zero-order chi connectivity index (χ0) is 20.1. The SMILES string of the molecule is Cc1cc(/C=N\NC(=O)CNc2ccc(I)cc2)c(C)n1-c1ccccc1Br. The summed E-state index contributed by atoms with van der Waals surface area (Å²) in [4.78, 5) is 12.0. The molecule has 0 saturated heterocycles. The van der Waals surface area contributed by atoms with Gasteiger partial charge in [0.25, 0.3) is 5.91 Å². The number of aromatic nitrogens is 1. The standard InChI is InChI=1S/C21H20BrIN4O/c1-14-11-16(15(2)27(14)20-6-4-3-5-19(20)22)12-25-26-21(28)13-24-18-9-7-17(23)8-10-18/h3-12,24H,13H2,1-2H3,(H,26,28)/b25-12-. The van der Waals surface area contributed by atoms with Crippen LogP contribution in [-0.2, 0) is 4.79 Å². The number of hydrogen-bond donors (Lipinski definition) is 2. The first kappa shape index (κ1) is 20.6. The Morgan fingerprint density at radius 1 is 1.18 bits per heavy atom. The molecule has 2 N–H and O–H groups in total. The third-order valence-corrected chi connectivity index (χ3v) is 5.64. The van der Waals surface area contributed by atoms with Gasteiger partial charge in [-0.15, -0.1) is 0 Å². The van der Waals surface area contributed by atoms with E-state index >= 15 is 0 Å². The maximum Gasteiger partial charge on any atom is 0.259 e. The molecule has 3 aromatic rings. The van der Waals surface area contributed by atoms with Gasteiger partial charge < -0.3 is 9.88 Å². The largest absolute Gasteiger partial charge is 0.376 e. The number of halogens is 2. The van der Waals surface area contributed by atoms with E-state index in [1.807, 2.05) is 62.4 Å². The highest BCUT2D eigenvalue weighted by atomic mass is 127. The second-order valence-corrected chi connectivity index (χ2v) is 8.37. The minimum Gasteiger partial charge on any atom is -0.376 e. The van der Waals surface area contributed by atoms with E-state index in [-0.39, 0.29) is 12.5 Å². The number of aryl methyl sites for hydroxylation is 1. The van der Waals surface area contributed by atoms with Gasteiger partial charge in [-0.05, 0) is 94.8 Å². The second kappa shape index (κ2) is 9.38. The first-order valence-electron chi connectivity index (χ1n) is 8.71. The first-order chi connectivity index (χ1) is 13.5. The molecule has 144 valence electrons. The predicted molar refractivity (Wildman–Crippen MR) is 126 cm³/mol. The van der Waals surface area contributed by atoms with Gasteiger partial charge in [0.1, 0.15) is 0 Å². The van der Waals surface area contributed by atoms with Gasteiger partial charge >= 0.3 is 0 Å². The lowest BCUT2D eigenvalue weighted by Crippen LogP contribution is -2.25. The number of benzene rings is 2. The molecule has 0 saturated carbocycles. The van der Waals surface area contributed by atoms with Crippen LogP contribution in [-0.4, -0.2) is 23.2 Å². The van der Waals surface area contributed by atoms with Crippen LogP contribution >= 0.6 is 38.5 Å². The Morgan fingerprint density at radius 3 is 2.61 bits per heavy atom. The topological polar surface area (TPSA) is 58.4 Å². The average Bonchev–Trinajstić information content (AvgIpc) is 2.95. The van der Waals surface area contributed by atoms with Crippen molar-refractivity contribution in [1.82, 2.24) is 9.99 Å². The van der Waals surface area contributed by atoms with Crippen LogP contribution in [0.1, 0.15) is 17.0 Å². The maximum atomic E-state index is 12.0. The van der Waals surface area contributed by atoms with Crippen LogP contribution in [0.5, 0.6) is 0 Å². The average molecular weight is 551 g/mol. The molecule has 0 aliphatic heterocycles. The number of carbonyl (C=O) groups excluding carboxylic acids is 1. The fourth-order valence-corrected chi connectivity index (χ4v) is 3.71. The van der Waals surface area contributed by atoms with Gasteiger partial charge in [-0.2, -0.15) is 5.10 Å². The monoisotopic (exact) mass is 550 g/mol. The summed E-state index contributed by atoms with van der Waals surface area (Å²) in [6, 6.07) is 18.0. The maximum absolute atomic E-state index is 12.0. The number of nitrogens with one attached hydrogen (secondary N) is 2. The Morgan fingerprint density at radius 2 is 1.89 bits per heavy atom. The summed E-state index contributed by atoms with van der Waals surface area (Å²) >= 11 is 5.85. The zero-order valence-electron chi connectivity index (χ0n) is 15.5. The van der Waals surface area contributed by atoms with Gasteiger partial charge in [0, 0.05) is 30.7 Å². The highest BCUT2D eigenvalue weighted by molar-refractivity contribution is 14.1. The molecule has 0 unspecified atom stereocenters. The van der Waals surface area contributed by atoms with Gasteiger partial charge in [0.2, 0.25) is 0 Å². The van der Waals surface area contributed by atoms with Crippen molar-refractivity contribution in [2.75, 3.05) is 11.9 Å². The molecule has 0 aliphatic rings. The van der Waals surface area contributed by atoms with E-state index in [0.717, 1.165) is 36.4 Å². The Hall–Kier alpha value is -2.13. The number of hydrogen-bond acceptors (Lipinski definition) is 3. The normalized spacial score (nSPS) is 11.0. The first-order valence-corrected chi connectivity index (χ1v) is 10.6. The third kappa shape index (κ3) is 5.02. The molecule has 0 atom stereocenters. The molecule has 1 aromatic heterocycles. The molecule has 7 heteroatoms. The van der Waals surface area contributed by atoms with Crippen LogP contribution in [0, 0.1) is 17.4 Å². The summed E-state index contributed by atoms with van der Waals surface area (Å²) in [5.74, 6) is -0.200. The van der Waals surface area contributed by atoms with Crippen molar-refractivity contribution in [1.29, 1.82) is 0 Å². The van der Waals surface area contributed by atoms with Gasteiger partial charge in [-0.25, -0.2) is 5.43 Å². The third-order valence-electron chi connectivity index (χ3n) is 4.25. The number of anilines is 1. The van der Waals surface area contributed by atoms with E-state index in [1.54, 1.807) is 6.21 Å². The Bertz CT molecular complexity index is 1010. The van der Waals surface area contributed by atoms with Crippen LogP contribution in [0.4, 0.5) is 5.69 Å². The van der Waals surface area contributed by atoms with Crippen LogP contribution < -0.4 is 10.7 Å². The summed E-state index contributed by atoms with van der Waals surface area (Å²) in [5.41, 5.74) is 7.65. The molecule has 0 fully saturated rings. The van der Waals surface area contributed by atoms with E-state index in [9.17, 15) is 4.79 Å². The molecular weight excluding hydrogens is 531 g/mol. The van der Waals surface area contributed by atoms with Crippen molar-refractivity contribution >= 4 is 56.3 Å². The quantitative estimate of drug-likeness (QED) is 0.257. The Kier molecular flexibility index (Phi) is 6.90. The minimum absolute atomic E-state index is 0.161. The van der Waals surface area contributed by atoms with Gasteiger partial charge in [0.15, 0.2) is 0 Å². The van der Waals surface area contributed by atoms with E-state index in [1.165, 1.54) is 0 Å². The van der Waals surface area contributed by atoms with Crippen molar-refractivity contribution < 1.29 is 4.79 Å². The fraction of sp³-hybridized carbons (Fsp3) is 0.143. The van der Waals surface area contributed by atoms with Crippen LogP contribution in [0.15, 0.2) is 64.2 Å². The number of hydrazone groups is 1. The van der Waals surface area contributed by atoms with Crippen LogP contribution in [0.25, 0.3) is 5.69 Å². The van der Waals surface area contributed by atoms with Crippen LogP contribution in [0.3, 0.4) is 0 Å².